The van der Waals surface area contributed by atoms with Gasteiger partial charge in [-0.05, 0) is 50.5 Å². The minimum absolute atomic E-state index is 0.0405. The molecule has 1 aliphatic heterocycles. The van der Waals surface area contributed by atoms with Gasteiger partial charge in [0, 0.05) is 41.2 Å². The Morgan fingerprint density at radius 2 is 1.53 bits per heavy atom. The molecule has 0 saturated carbocycles. The fraction of sp³-hybridized carbons (Fsp3) is 0.407. The van der Waals surface area contributed by atoms with Crippen LogP contribution in [0.2, 0.25) is 10.0 Å². The highest BCUT2D eigenvalue weighted by molar-refractivity contribution is 6.36. The van der Waals surface area contributed by atoms with Crippen molar-refractivity contribution in [3.63, 3.8) is 0 Å². The molecule has 2 atom stereocenters. The van der Waals surface area contributed by atoms with E-state index in [4.69, 9.17) is 23.2 Å². The molecule has 2 aromatic rings. The minimum Gasteiger partial charge on any atom is -0.352 e. The van der Waals surface area contributed by atoms with Crippen LogP contribution in [-0.2, 0) is 16.1 Å². The second-order valence-corrected chi connectivity index (χ2v) is 9.69. The molecule has 0 spiro atoms. The van der Waals surface area contributed by atoms with E-state index in [1.807, 2.05) is 20.8 Å². The second kappa shape index (κ2) is 12.4. The van der Waals surface area contributed by atoms with Gasteiger partial charge in [0.15, 0.2) is 0 Å². The number of amides is 4. The molecule has 9 heteroatoms. The van der Waals surface area contributed by atoms with Gasteiger partial charge in [0.2, 0.25) is 11.8 Å². The third-order valence-corrected chi connectivity index (χ3v) is 7.14. The van der Waals surface area contributed by atoms with Gasteiger partial charge < -0.3 is 10.2 Å². The van der Waals surface area contributed by atoms with E-state index in [1.165, 1.54) is 9.80 Å². The van der Waals surface area contributed by atoms with E-state index in [0.29, 0.717) is 33.2 Å². The molecule has 1 N–H and O–H groups in total. The Balaban J connectivity index is 1.76. The molecule has 4 amide bonds. The van der Waals surface area contributed by atoms with Crippen molar-refractivity contribution in [3.8, 4) is 0 Å². The zero-order valence-corrected chi connectivity index (χ0v) is 22.2. The third-order valence-electron chi connectivity index (χ3n) is 6.43. The summed E-state index contributed by atoms with van der Waals surface area (Å²) in [5, 5.41) is 3.77. The molecule has 7 nitrogen and oxygen atoms in total. The van der Waals surface area contributed by atoms with Gasteiger partial charge in [0.05, 0.1) is 11.1 Å². The van der Waals surface area contributed by atoms with Crippen molar-refractivity contribution in [1.29, 1.82) is 0 Å². The molecule has 0 unspecified atom stereocenters. The number of hydrogen-bond acceptors (Lipinski definition) is 4. The number of halogens is 2. The Bertz CT molecular complexity index is 1100. The van der Waals surface area contributed by atoms with Crippen LogP contribution in [0, 0.1) is 0 Å². The van der Waals surface area contributed by atoms with Gasteiger partial charge in [-0.1, -0.05) is 55.2 Å². The van der Waals surface area contributed by atoms with E-state index >= 15 is 0 Å². The lowest BCUT2D eigenvalue weighted by Gasteiger charge is -2.32. The summed E-state index contributed by atoms with van der Waals surface area (Å²) in [5.74, 6) is -1.25. The zero-order valence-electron chi connectivity index (χ0n) is 20.7. The van der Waals surface area contributed by atoms with Crippen molar-refractivity contribution in [2.45, 2.75) is 65.1 Å². The predicted molar refractivity (Wildman–Crippen MR) is 140 cm³/mol. The van der Waals surface area contributed by atoms with Crippen molar-refractivity contribution < 1.29 is 19.2 Å². The summed E-state index contributed by atoms with van der Waals surface area (Å²) in [6, 6.07) is 11.0. The van der Waals surface area contributed by atoms with Gasteiger partial charge in [-0.3, -0.25) is 24.1 Å². The van der Waals surface area contributed by atoms with Crippen LogP contribution in [0.5, 0.6) is 0 Å². The molecule has 1 heterocycles. The highest BCUT2D eigenvalue weighted by Crippen LogP contribution is 2.28. The highest BCUT2D eigenvalue weighted by atomic mass is 35.5. The van der Waals surface area contributed by atoms with Crippen LogP contribution in [0.25, 0.3) is 0 Å². The number of nitrogens with one attached hydrogen (secondary N) is 1. The Kier molecular flexibility index (Phi) is 9.51. The summed E-state index contributed by atoms with van der Waals surface area (Å²) in [6.45, 7) is 5.89. The number of imide groups is 1. The first-order chi connectivity index (χ1) is 17.2. The van der Waals surface area contributed by atoms with E-state index in [1.54, 1.807) is 42.5 Å². The Morgan fingerprint density at radius 1 is 0.944 bits per heavy atom. The third kappa shape index (κ3) is 6.08. The summed E-state index contributed by atoms with van der Waals surface area (Å²) < 4.78 is 0. The summed E-state index contributed by atoms with van der Waals surface area (Å²) in [6.07, 6.45) is 1.46. The first-order valence-electron chi connectivity index (χ1n) is 12.2. The lowest BCUT2D eigenvalue weighted by molar-refractivity contribution is -0.141. The van der Waals surface area contributed by atoms with Crippen LogP contribution in [0.15, 0.2) is 42.5 Å². The van der Waals surface area contributed by atoms with Gasteiger partial charge in [-0.25, -0.2) is 0 Å². The number of carbonyl (C=O) groups is 4. The largest absolute Gasteiger partial charge is 0.352 e. The summed E-state index contributed by atoms with van der Waals surface area (Å²) in [4.78, 5) is 54.5. The van der Waals surface area contributed by atoms with Crippen molar-refractivity contribution >= 4 is 46.8 Å². The van der Waals surface area contributed by atoms with Crippen LogP contribution < -0.4 is 5.32 Å². The molecule has 192 valence electrons. The summed E-state index contributed by atoms with van der Waals surface area (Å²) in [7, 11) is 0. The molecule has 0 fully saturated rings. The van der Waals surface area contributed by atoms with Crippen molar-refractivity contribution in [3.05, 3.63) is 69.2 Å². The maximum atomic E-state index is 13.5. The normalized spacial score (nSPS) is 14.4. The molecule has 2 aromatic carbocycles. The maximum absolute atomic E-state index is 13.5. The zero-order chi connectivity index (χ0) is 26.4. The van der Waals surface area contributed by atoms with Crippen LogP contribution in [0.1, 0.15) is 72.7 Å². The number of hydrogen-bond donors (Lipinski definition) is 1. The molecular weight excluding hydrogens is 501 g/mol. The molecule has 3 rings (SSSR count). The monoisotopic (exact) mass is 531 g/mol. The summed E-state index contributed by atoms with van der Waals surface area (Å²) >= 11 is 12.7. The molecule has 0 aliphatic carbocycles. The Morgan fingerprint density at radius 3 is 2.06 bits per heavy atom. The Labute approximate surface area is 221 Å². The molecule has 36 heavy (non-hydrogen) atoms. The SMILES string of the molecule is CC[C@H](C)NC(=O)[C@H](CC)N(Cc1c(Cl)cccc1Cl)C(=O)CCCN1C(=O)c2ccccc2C1=O. The Hall–Kier alpha value is -2.90. The van der Waals surface area contributed by atoms with Crippen LogP contribution in [0.4, 0.5) is 0 Å². The lowest BCUT2D eigenvalue weighted by atomic mass is 10.1. The van der Waals surface area contributed by atoms with E-state index in [0.717, 1.165) is 6.42 Å². The smallest absolute Gasteiger partial charge is 0.261 e. The minimum atomic E-state index is -0.724. The van der Waals surface area contributed by atoms with Crippen LogP contribution in [0.3, 0.4) is 0 Å². The predicted octanol–water partition coefficient (Wildman–Crippen LogP) is 5.09. The van der Waals surface area contributed by atoms with Crippen molar-refractivity contribution in [2.24, 2.45) is 0 Å². The number of fused-ring (bicyclic) bond motifs is 1. The van der Waals surface area contributed by atoms with Gasteiger partial charge in [0.1, 0.15) is 6.04 Å². The highest BCUT2D eigenvalue weighted by Gasteiger charge is 2.35. The van der Waals surface area contributed by atoms with Gasteiger partial charge in [-0.15, -0.1) is 0 Å². The average Bonchev–Trinajstić information content (AvgIpc) is 3.10. The number of carbonyl (C=O) groups excluding carboxylic acids is 4. The molecule has 0 aromatic heterocycles. The van der Waals surface area contributed by atoms with Gasteiger partial charge in [-0.2, -0.15) is 0 Å². The van der Waals surface area contributed by atoms with E-state index in [-0.39, 0.29) is 55.6 Å². The quantitative estimate of drug-likeness (QED) is 0.409. The maximum Gasteiger partial charge on any atom is 0.261 e. The van der Waals surface area contributed by atoms with Crippen molar-refractivity contribution in [1.82, 2.24) is 15.1 Å². The number of benzene rings is 2. The number of nitrogens with zero attached hydrogens (tertiary/aromatic N) is 2. The standard InChI is InChI=1S/C27H31Cl2N3O4/c1-4-17(3)30-25(34)23(5-2)32(16-20-21(28)12-8-13-22(20)29)24(33)14-9-15-31-26(35)18-10-6-7-11-19(18)27(31)36/h6-8,10-13,17,23H,4-5,9,14-16H2,1-3H3,(H,30,34)/t17-,23-/m0/s1. The van der Waals surface area contributed by atoms with Crippen LogP contribution >= 0.6 is 23.2 Å². The molecule has 0 saturated heterocycles. The molecule has 1 aliphatic rings. The fourth-order valence-electron chi connectivity index (χ4n) is 4.19. The second-order valence-electron chi connectivity index (χ2n) is 8.87. The first kappa shape index (κ1) is 27.7. The van der Waals surface area contributed by atoms with Crippen molar-refractivity contribution in [2.75, 3.05) is 6.54 Å². The van der Waals surface area contributed by atoms with Gasteiger partial charge in [0.25, 0.3) is 11.8 Å². The lowest BCUT2D eigenvalue weighted by Crippen LogP contribution is -2.50. The van der Waals surface area contributed by atoms with E-state index in [2.05, 4.69) is 5.32 Å². The number of rotatable bonds is 11. The van der Waals surface area contributed by atoms with E-state index < -0.39 is 6.04 Å². The average molecular weight is 532 g/mol. The summed E-state index contributed by atoms with van der Waals surface area (Å²) in [5.41, 5.74) is 1.30. The first-order valence-corrected chi connectivity index (χ1v) is 12.9. The fourth-order valence-corrected chi connectivity index (χ4v) is 4.71. The van der Waals surface area contributed by atoms with E-state index in [9.17, 15) is 19.2 Å². The molecule has 0 bridgehead atoms. The topological polar surface area (TPSA) is 86.8 Å². The molecule has 0 radical (unpaired) electrons. The van der Waals surface area contributed by atoms with Crippen LogP contribution in [-0.4, -0.2) is 52.1 Å². The molecular formula is C27H31Cl2N3O4. The van der Waals surface area contributed by atoms with Gasteiger partial charge >= 0.3 is 0 Å².